The van der Waals surface area contributed by atoms with E-state index in [9.17, 15) is 28.1 Å². The van der Waals surface area contributed by atoms with E-state index in [1.165, 1.54) is 11.6 Å². The van der Waals surface area contributed by atoms with Gasteiger partial charge in [-0.2, -0.15) is 13.2 Å². The second-order valence-corrected chi connectivity index (χ2v) is 8.32. The molecule has 184 valence electrons. The zero-order valence-corrected chi connectivity index (χ0v) is 19.0. The Balaban J connectivity index is 1.35. The van der Waals surface area contributed by atoms with Crippen molar-refractivity contribution in [3.8, 4) is 0 Å². The van der Waals surface area contributed by atoms with Crippen LogP contribution in [-0.4, -0.2) is 55.1 Å². The van der Waals surface area contributed by atoms with E-state index in [1.807, 2.05) is 6.92 Å². The monoisotopic (exact) mass is 479 g/mol. The van der Waals surface area contributed by atoms with Gasteiger partial charge < -0.3 is 14.5 Å². The van der Waals surface area contributed by atoms with Crippen LogP contribution in [0, 0.1) is 17.0 Å². The number of hydrogen-bond acceptors (Lipinski definition) is 5. The van der Waals surface area contributed by atoms with E-state index in [1.54, 1.807) is 4.90 Å². The molecule has 0 aliphatic carbocycles. The predicted molar refractivity (Wildman–Crippen MR) is 122 cm³/mol. The van der Waals surface area contributed by atoms with Gasteiger partial charge in [-0.05, 0) is 49.9 Å². The van der Waals surface area contributed by atoms with Crippen molar-refractivity contribution in [2.75, 3.05) is 44.3 Å². The zero-order chi connectivity index (χ0) is 24.7. The second kappa shape index (κ2) is 11.3. The van der Waals surface area contributed by atoms with E-state index >= 15 is 0 Å². The molecule has 0 aromatic heterocycles. The summed E-state index contributed by atoms with van der Waals surface area (Å²) in [5, 5.41) is 10.8. The summed E-state index contributed by atoms with van der Waals surface area (Å²) in [6.45, 7) is 5.08. The van der Waals surface area contributed by atoms with Crippen LogP contribution in [0.3, 0.4) is 0 Å². The number of rotatable bonds is 9. The SMILES string of the molecule is Cc1ccc(N2CCN(C(=O)COCCCCc3ccc([N+](=O)[O-])c(C(F)(F)F)c3)CC2)cc1. The first-order valence-electron chi connectivity index (χ1n) is 11.2. The molecule has 0 N–H and O–H groups in total. The number of carbonyl (C=O) groups is 1. The lowest BCUT2D eigenvalue weighted by atomic mass is 10.0. The van der Waals surface area contributed by atoms with Crippen LogP contribution in [0.25, 0.3) is 0 Å². The maximum atomic E-state index is 13.1. The lowest BCUT2D eigenvalue weighted by molar-refractivity contribution is -0.388. The molecule has 1 fully saturated rings. The minimum Gasteiger partial charge on any atom is -0.372 e. The summed E-state index contributed by atoms with van der Waals surface area (Å²) < 4.78 is 44.7. The number of ether oxygens (including phenoxy) is 1. The predicted octanol–water partition coefficient (Wildman–Crippen LogP) is 4.61. The van der Waals surface area contributed by atoms with Crippen LogP contribution >= 0.6 is 0 Å². The number of anilines is 1. The number of amides is 1. The molecule has 10 heteroatoms. The van der Waals surface area contributed by atoms with Gasteiger partial charge in [0, 0.05) is 44.5 Å². The highest BCUT2D eigenvalue weighted by Gasteiger charge is 2.38. The highest BCUT2D eigenvalue weighted by molar-refractivity contribution is 5.77. The number of carbonyl (C=O) groups excluding carboxylic acids is 1. The first-order chi connectivity index (χ1) is 16.1. The normalized spacial score (nSPS) is 14.4. The maximum Gasteiger partial charge on any atom is 0.423 e. The molecule has 1 saturated heterocycles. The minimum absolute atomic E-state index is 0.0275. The number of aryl methyl sites for hydroxylation is 2. The van der Waals surface area contributed by atoms with Gasteiger partial charge in [0.2, 0.25) is 5.91 Å². The Morgan fingerprint density at radius 2 is 1.74 bits per heavy atom. The lowest BCUT2D eigenvalue weighted by Crippen LogP contribution is -2.49. The summed E-state index contributed by atoms with van der Waals surface area (Å²) in [7, 11) is 0. The molecular weight excluding hydrogens is 451 g/mol. The third kappa shape index (κ3) is 6.93. The molecule has 1 aliphatic rings. The molecule has 2 aromatic rings. The Bertz CT molecular complexity index is 988. The smallest absolute Gasteiger partial charge is 0.372 e. The summed E-state index contributed by atoms with van der Waals surface area (Å²) >= 11 is 0. The Morgan fingerprint density at radius 3 is 2.35 bits per heavy atom. The first kappa shape index (κ1) is 25.5. The molecule has 0 radical (unpaired) electrons. The van der Waals surface area contributed by atoms with Crippen molar-refractivity contribution in [3.63, 3.8) is 0 Å². The third-order valence-electron chi connectivity index (χ3n) is 5.82. The Kier molecular flexibility index (Phi) is 8.49. The van der Waals surface area contributed by atoms with E-state index in [2.05, 4.69) is 29.2 Å². The van der Waals surface area contributed by atoms with Gasteiger partial charge in [-0.15, -0.1) is 0 Å². The number of nitrogens with zero attached hydrogens (tertiary/aromatic N) is 3. The average molecular weight is 479 g/mol. The molecule has 1 aliphatic heterocycles. The summed E-state index contributed by atoms with van der Waals surface area (Å²) in [6.07, 6.45) is -3.35. The van der Waals surface area contributed by atoms with Crippen molar-refractivity contribution in [1.29, 1.82) is 0 Å². The molecule has 0 bridgehead atoms. The number of unbranched alkanes of at least 4 members (excludes halogenated alkanes) is 1. The van der Waals surface area contributed by atoms with Crippen molar-refractivity contribution < 1.29 is 27.6 Å². The van der Waals surface area contributed by atoms with E-state index < -0.39 is 22.4 Å². The summed E-state index contributed by atoms with van der Waals surface area (Å²) in [5.74, 6) is -0.0752. The number of piperazine rings is 1. The largest absolute Gasteiger partial charge is 0.423 e. The van der Waals surface area contributed by atoms with Crippen LogP contribution in [0.1, 0.15) is 29.5 Å². The van der Waals surface area contributed by atoms with Gasteiger partial charge in [0.15, 0.2) is 0 Å². The highest BCUT2D eigenvalue weighted by atomic mass is 19.4. The van der Waals surface area contributed by atoms with Crippen LogP contribution in [0.15, 0.2) is 42.5 Å². The van der Waals surface area contributed by atoms with Gasteiger partial charge in [-0.1, -0.05) is 23.8 Å². The maximum absolute atomic E-state index is 13.1. The van der Waals surface area contributed by atoms with Gasteiger partial charge in [0.05, 0.1) is 4.92 Å². The summed E-state index contributed by atoms with van der Waals surface area (Å²) in [5.41, 5.74) is 0.537. The molecule has 2 aromatic carbocycles. The van der Waals surface area contributed by atoms with Gasteiger partial charge in [-0.3, -0.25) is 14.9 Å². The van der Waals surface area contributed by atoms with Crippen LogP contribution < -0.4 is 4.90 Å². The Labute approximate surface area is 196 Å². The Morgan fingerprint density at radius 1 is 1.06 bits per heavy atom. The van der Waals surface area contributed by atoms with Crippen LogP contribution in [0.2, 0.25) is 0 Å². The van der Waals surface area contributed by atoms with Gasteiger partial charge in [0.25, 0.3) is 5.69 Å². The first-order valence-corrected chi connectivity index (χ1v) is 11.2. The fourth-order valence-corrected chi connectivity index (χ4v) is 3.88. The molecule has 0 atom stereocenters. The molecular formula is C24H28F3N3O4. The average Bonchev–Trinajstić information content (AvgIpc) is 2.81. The topological polar surface area (TPSA) is 75.9 Å². The van der Waals surface area contributed by atoms with Gasteiger partial charge >= 0.3 is 6.18 Å². The molecule has 1 amide bonds. The fraction of sp³-hybridized carbons (Fsp3) is 0.458. The zero-order valence-electron chi connectivity index (χ0n) is 19.0. The van der Waals surface area contributed by atoms with E-state index in [-0.39, 0.29) is 12.5 Å². The molecule has 7 nitrogen and oxygen atoms in total. The number of benzene rings is 2. The van der Waals surface area contributed by atoms with Crippen molar-refractivity contribution in [3.05, 3.63) is 69.3 Å². The lowest BCUT2D eigenvalue weighted by Gasteiger charge is -2.36. The Hall–Kier alpha value is -3.14. The number of halogens is 3. The van der Waals surface area contributed by atoms with Gasteiger partial charge in [-0.25, -0.2) is 0 Å². The quantitative estimate of drug-likeness (QED) is 0.298. The fourth-order valence-electron chi connectivity index (χ4n) is 3.88. The highest BCUT2D eigenvalue weighted by Crippen LogP contribution is 2.36. The summed E-state index contributed by atoms with van der Waals surface area (Å²) in [6, 6.07) is 11.4. The molecule has 1 heterocycles. The molecule has 0 saturated carbocycles. The number of nitro groups is 1. The van der Waals surface area contributed by atoms with Crippen LogP contribution in [0.5, 0.6) is 0 Å². The minimum atomic E-state index is -4.78. The molecule has 0 unspecified atom stereocenters. The number of hydrogen-bond donors (Lipinski definition) is 0. The van der Waals surface area contributed by atoms with Crippen molar-refractivity contribution in [1.82, 2.24) is 4.90 Å². The van der Waals surface area contributed by atoms with Crippen molar-refractivity contribution in [2.45, 2.75) is 32.4 Å². The molecule has 0 spiro atoms. The standard InChI is InChI=1S/C24H28F3N3O4/c1-18-5-8-20(9-6-18)28-11-13-29(14-12-28)23(31)17-34-15-3-2-4-19-7-10-22(30(32)33)21(16-19)24(25,26)27/h5-10,16H,2-4,11-15,17H2,1H3. The molecule has 34 heavy (non-hydrogen) atoms. The third-order valence-corrected chi connectivity index (χ3v) is 5.82. The second-order valence-electron chi connectivity index (χ2n) is 8.32. The van der Waals surface area contributed by atoms with Crippen LogP contribution in [0.4, 0.5) is 24.5 Å². The van der Waals surface area contributed by atoms with Crippen molar-refractivity contribution in [2.24, 2.45) is 0 Å². The number of alkyl halides is 3. The van der Waals surface area contributed by atoms with Crippen molar-refractivity contribution >= 4 is 17.3 Å². The van der Waals surface area contributed by atoms with Gasteiger partial charge in [0.1, 0.15) is 12.2 Å². The van der Waals surface area contributed by atoms with E-state index in [0.29, 0.717) is 44.5 Å². The summed E-state index contributed by atoms with van der Waals surface area (Å²) in [4.78, 5) is 26.2. The van der Waals surface area contributed by atoms with Crippen LogP contribution in [-0.2, 0) is 22.1 Å². The molecule has 3 rings (SSSR count). The van der Waals surface area contributed by atoms with E-state index in [4.69, 9.17) is 4.74 Å². The number of nitro benzene ring substituents is 1. The van der Waals surface area contributed by atoms with E-state index in [0.717, 1.165) is 30.9 Å².